The number of hydrogen-bond donors (Lipinski definition) is 0. The molecular formula is C15H22O. The van der Waals surface area contributed by atoms with Gasteiger partial charge in [0.05, 0.1) is 0 Å². The summed E-state index contributed by atoms with van der Waals surface area (Å²) in [6, 6.07) is 0. The van der Waals surface area contributed by atoms with Crippen LogP contribution in [0.4, 0.5) is 0 Å². The standard InChI is InChI=1S/C15H22O/c1-9(2)15-6-5-14(4)11(8-15)12(16)7-10(3)13(14)15/h7,9,11,13H,5-6,8H2,1-4H3. The highest BCUT2D eigenvalue weighted by Gasteiger charge is 2.68. The van der Waals surface area contributed by atoms with Crippen LogP contribution in [0.25, 0.3) is 0 Å². The zero-order valence-corrected chi connectivity index (χ0v) is 10.8. The first-order valence-corrected chi connectivity index (χ1v) is 6.64. The zero-order chi connectivity index (χ0) is 11.7. The van der Waals surface area contributed by atoms with Gasteiger partial charge in [0.1, 0.15) is 0 Å². The molecule has 0 aliphatic heterocycles. The lowest BCUT2D eigenvalue weighted by Crippen LogP contribution is -2.35. The number of rotatable bonds is 1. The lowest BCUT2D eigenvalue weighted by molar-refractivity contribution is -0.122. The fourth-order valence-corrected chi connectivity index (χ4v) is 5.32. The van der Waals surface area contributed by atoms with Gasteiger partial charge in [-0.1, -0.05) is 26.3 Å². The molecule has 0 aromatic heterocycles. The van der Waals surface area contributed by atoms with E-state index in [-0.39, 0.29) is 0 Å². The van der Waals surface area contributed by atoms with Crippen LogP contribution >= 0.6 is 0 Å². The predicted molar refractivity (Wildman–Crippen MR) is 65.0 cm³/mol. The van der Waals surface area contributed by atoms with E-state index >= 15 is 0 Å². The van der Waals surface area contributed by atoms with Gasteiger partial charge in [-0.2, -0.15) is 0 Å². The number of allylic oxidation sites excluding steroid dienone is 2. The molecule has 0 aromatic carbocycles. The van der Waals surface area contributed by atoms with Crippen LogP contribution in [0, 0.1) is 28.6 Å². The van der Waals surface area contributed by atoms with E-state index in [1.54, 1.807) is 0 Å². The number of hydrogen-bond acceptors (Lipinski definition) is 1. The highest BCUT2D eigenvalue weighted by Crippen LogP contribution is 2.73. The Balaban J connectivity index is 2.18. The molecule has 1 nitrogen and oxygen atoms in total. The van der Waals surface area contributed by atoms with Crippen LogP contribution < -0.4 is 0 Å². The van der Waals surface area contributed by atoms with Crippen LogP contribution in [0.1, 0.15) is 47.0 Å². The van der Waals surface area contributed by atoms with Crippen molar-refractivity contribution in [2.24, 2.45) is 28.6 Å². The van der Waals surface area contributed by atoms with Gasteiger partial charge in [-0.05, 0) is 54.9 Å². The molecule has 88 valence electrons. The highest BCUT2D eigenvalue weighted by atomic mass is 16.1. The molecule has 3 rings (SSSR count). The van der Waals surface area contributed by atoms with E-state index in [2.05, 4.69) is 27.7 Å². The van der Waals surface area contributed by atoms with E-state index < -0.39 is 0 Å². The normalized spacial score (nSPS) is 50.1. The van der Waals surface area contributed by atoms with Gasteiger partial charge in [0, 0.05) is 5.92 Å². The fourth-order valence-electron chi connectivity index (χ4n) is 5.32. The Labute approximate surface area is 98.3 Å². The minimum Gasteiger partial charge on any atom is -0.295 e. The number of carbonyl (C=O) groups excluding carboxylic acids is 1. The summed E-state index contributed by atoms with van der Waals surface area (Å²) < 4.78 is 0. The summed E-state index contributed by atoms with van der Waals surface area (Å²) >= 11 is 0. The van der Waals surface area contributed by atoms with Crippen molar-refractivity contribution in [1.82, 2.24) is 0 Å². The third-order valence-electron chi connectivity index (χ3n) is 6.06. The minimum absolute atomic E-state index is 0.292. The lowest BCUT2D eigenvalue weighted by Gasteiger charge is -2.38. The van der Waals surface area contributed by atoms with E-state index in [9.17, 15) is 4.79 Å². The van der Waals surface area contributed by atoms with Crippen LogP contribution in [-0.2, 0) is 4.79 Å². The number of ketones is 1. The quantitative estimate of drug-likeness (QED) is 0.657. The third kappa shape index (κ3) is 0.919. The maximum absolute atomic E-state index is 12.1. The second kappa shape index (κ2) is 2.80. The van der Waals surface area contributed by atoms with E-state index in [0.29, 0.717) is 34.4 Å². The van der Waals surface area contributed by atoms with E-state index in [1.165, 1.54) is 18.4 Å². The average Bonchev–Trinajstić information content (AvgIpc) is 2.59. The van der Waals surface area contributed by atoms with Crippen molar-refractivity contribution in [3.05, 3.63) is 11.6 Å². The molecule has 0 aromatic rings. The molecule has 3 aliphatic rings. The summed E-state index contributed by atoms with van der Waals surface area (Å²) in [5.74, 6) is 2.14. The maximum Gasteiger partial charge on any atom is 0.159 e. The van der Waals surface area contributed by atoms with Crippen LogP contribution in [0.5, 0.6) is 0 Å². The largest absolute Gasteiger partial charge is 0.295 e. The fraction of sp³-hybridized carbons (Fsp3) is 0.800. The molecule has 0 heterocycles. The number of carbonyl (C=O) groups is 1. The molecule has 16 heavy (non-hydrogen) atoms. The van der Waals surface area contributed by atoms with Crippen molar-refractivity contribution in [3.63, 3.8) is 0 Å². The van der Waals surface area contributed by atoms with Crippen LogP contribution in [-0.4, -0.2) is 5.78 Å². The first-order chi connectivity index (χ1) is 7.42. The Morgan fingerprint density at radius 2 is 2.06 bits per heavy atom. The monoisotopic (exact) mass is 218 g/mol. The molecule has 4 unspecified atom stereocenters. The first kappa shape index (κ1) is 10.6. The maximum atomic E-state index is 12.1. The van der Waals surface area contributed by atoms with E-state index in [0.717, 1.165) is 6.42 Å². The molecule has 0 spiro atoms. The predicted octanol–water partition coefficient (Wildman–Crippen LogP) is 3.59. The second-order valence-electron chi connectivity index (χ2n) is 6.87. The van der Waals surface area contributed by atoms with Gasteiger partial charge >= 0.3 is 0 Å². The highest BCUT2D eigenvalue weighted by molar-refractivity contribution is 5.95. The Morgan fingerprint density at radius 3 is 2.69 bits per heavy atom. The molecule has 1 heteroatoms. The minimum atomic E-state index is 0.292. The lowest BCUT2D eigenvalue weighted by atomic mass is 9.65. The Kier molecular flexibility index (Phi) is 1.85. The Morgan fingerprint density at radius 1 is 1.38 bits per heavy atom. The average molecular weight is 218 g/mol. The van der Waals surface area contributed by atoms with Crippen molar-refractivity contribution in [3.8, 4) is 0 Å². The Hall–Kier alpha value is -0.590. The molecule has 3 aliphatic carbocycles. The van der Waals surface area contributed by atoms with Crippen molar-refractivity contribution in [2.45, 2.75) is 47.0 Å². The summed E-state index contributed by atoms with van der Waals surface area (Å²) in [7, 11) is 0. The molecule has 0 radical (unpaired) electrons. The summed E-state index contributed by atoms with van der Waals surface area (Å²) in [5, 5.41) is 0. The van der Waals surface area contributed by atoms with Crippen molar-refractivity contribution >= 4 is 5.78 Å². The molecule has 0 amide bonds. The molecule has 0 N–H and O–H groups in total. The molecule has 2 saturated carbocycles. The molecular weight excluding hydrogens is 196 g/mol. The van der Waals surface area contributed by atoms with Gasteiger partial charge in [0.15, 0.2) is 5.78 Å². The van der Waals surface area contributed by atoms with Gasteiger partial charge < -0.3 is 0 Å². The molecule has 4 atom stereocenters. The SMILES string of the molecule is CC1=CC(=O)C2CC3(C(C)C)CCC2(C)C13. The summed E-state index contributed by atoms with van der Waals surface area (Å²) in [6.45, 7) is 9.26. The van der Waals surface area contributed by atoms with Crippen LogP contribution in [0.15, 0.2) is 11.6 Å². The summed E-state index contributed by atoms with van der Waals surface area (Å²) in [5.41, 5.74) is 2.10. The van der Waals surface area contributed by atoms with Crippen molar-refractivity contribution < 1.29 is 4.79 Å². The Bertz CT molecular complexity index is 392. The van der Waals surface area contributed by atoms with Crippen LogP contribution in [0.2, 0.25) is 0 Å². The third-order valence-corrected chi connectivity index (χ3v) is 6.06. The summed E-state index contributed by atoms with van der Waals surface area (Å²) in [6.07, 6.45) is 5.70. The topological polar surface area (TPSA) is 17.1 Å². The van der Waals surface area contributed by atoms with E-state index in [1.807, 2.05) is 6.08 Å². The van der Waals surface area contributed by atoms with E-state index in [4.69, 9.17) is 0 Å². The van der Waals surface area contributed by atoms with Gasteiger partial charge in [0.25, 0.3) is 0 Å². The van der Waals surface area contributed by atoms with Gasteiger partial charge in [-0.3, -0.25) is 4.79 Å². The molecule has 4 bridgehead atoms. The molecule has 2 fully saturated rings. The van der Waals surface area contributed by atoms with Crippen molar-refractivity contribution in [2.75, 3.05) is 0 Å². The second-order valence-corrected chi connectivity index (χ2v) is 6.87. The smallest absolute Gasteiger partial charge is 0.159 e. The van der Waals surface area contributed by atoms with Crippen LogP contribution in [0.3, 0.4) is 0 Å². The van der Waals surface area contributed by atoms with Crippen molar-refractivity contribution in [1.29, 1.82) is 0 Å². The first-order valence-electron chi connectivity index (χ1n) is 6.64. The molecule has 0 saturated heterocycles. The van der Waals surface area contributed by atoms with Gasteiger partial charge in [-0.25, -0.2) is 0 Å². The summed E-state index contributed by atoms with van der Waals surface area (Å²) in [4.78, 5) is 12.1. The van der Waals surface area contributed by atoms with Gasteiger partial charge in [-0.15, -0.1) is 0 Å². The zero-order valence-electron chi connectivity index (χ0n) is 10.8. The van der Waals surface area contributed by atoms with Gasteiger partial charge in [0.2, 0.25) is 0 Å².